The lowest BCUT2D eigenvalue weighted by molar-refractivity contribution is -0.137. The van der Waals surface area contributed by atoms with Gasteiger partial charge in [0.15, 0.2) is 5.69 Å². The minimum absolute atomic E-state index is 0.113. The molecule has 0 saturated heterocycles. The predicted octanol–water partition coefficient (Wildman–Crippen LogP) is 3.10. The number of carbonyl (C=O) groups is 2. The Kier molecular flexibility index (Phi) is 5.82. The molecule has 2 aromatic heterocycles. The molecular formula is C18H19N5O3S. The molecule has 0 aliphatic rings. The van der Waals surface area contributed by atoms with Crippen LogP contribution >= 0.6 is 11.3 Å². The second-order valence-electron chi connectivity index (χ2n) is 5.99. The Balaban J connectivity index is 1.64. The minimum atomic E-state index is -0.823. The van der Waals surface area contributed by atoms with Gasteiger partial charge in [-0.1, -0.05) is 11.3 Å². The van der Waals surface area contributed by atoms with Crippen molar-refractivity contribution >= 4 is 34.6 Å². The first-order valence-electron chi connectivity index (χ1n) is 8.38. The second kappa shape index (κ2) is 8.45. The zero-order valence-electron chi connectivity index (χ0n) is 14.5. The number of aryl methyl sites for hydroxylation is 1. The summed E-state index contributed by atoms with van der Waals surface area (Å²) in [5, 5.41) is 23.2. The molecule has 4 N–H and O–H groups in total. The van der Waals surface area contributed by atoms with Crippen LogP contribution < -0.4 is 11.1 Å². The van der Waals surface area contributed by atoms with Gasteiger partial charge < -0.3 is 16.2 Å². The van der Waals surface area contributed by atoms with Gasteiger partial charge in [0.05, 0.1) is 17.6 Å². The fourth-order valence-corrected chi connectivity index (χ4v) is 3.19. The van der Waals surface area contributed by atoms with E-state index in [1.807, 2.05) is 29.0 Å². The Hall–Kier alpha value is -3.20. The van der Waals surface area contributed by atoms with Crippen molar-refractivity contribution in [2.75, 3.05) is 11.1 Å². The number of hydrogen-bond donors (Lipinski definition) is 3. The van der Waals surface area contributed by atoms with Crippen LogP contribution in [0, 0.1) is 0 Å². The van der Waals surface area contributed by atoms with E-state index in [9.17, 15) is 9.59 Å². The zero-order chi connectivity index (χ0) is 19.2. The smallest absolute Gasteiger partial charge is 0.303 e. The third-order valence-corrected chi connectivity index (χ3v) is 4.64. The van der Waals surface area contributed by atoms with Crippen molar-refractivity contribution in [3.05, 3.63) is 46.9 Å². The first-order chi connectivity index (χ1) is 13.0. The van der Waals surface area contributed by atoms with E-state index in [1.165, 1.54) is 10.9 Å². The maximum absolute atomic E-state index is 12.4. The van der Waals surface area contributed by atoms with Gasteiger partial charge in [-0.15, -0.1) is 5.10 Å². The van der Waals surface area contributed by atoms with E-state index in [4.69, 9.17) is 10.8 Å². The van der Waals surface area contributed by atoms with Gasteiger partial charge in [-0.3, -0.25) is 14.3 Å². The van der Waals surface area contributed by atoms with Crippen LogP contribution in [0.5, 0.6) is 0 Å². The molecule has 0 atom stereocenters. The Labute approximate surface area is 159 Å². The average molecular weight is 385 g/mol. The van der Waals surface area contributed by atoms with Crippen molar-refractivity contribution in [2.45, 2.75) is 25.8 Å². The number of nitrogen functional groups attached to an aromatic ring is 1. The first kappa shape index (κ1) is 18.6. The molecule has 1 aromatic carbocycles. The monoisotopic (exact) mass is 385 g/mol. The molecule has 0 aliphatic carbocycles. The van der Waals surface area contributed by atoms with Crippen LogP contribution in [0.4, 0.5) is 11.4 Å². The standard InChI is InChI=1S/C18H19N5O3S/c19-14-5-4-12(13-6-8-27-11-13)9-15(14)20-18(26)16-10-23(22-21-16)7-2-1-3-17(24)25/h4-6,8-11H,1-3,7,19H2,(H,20,26)(H,24,25). The van der Waals surface area contributed by atoms with Crippen molar-refractivity contribution in [3.63, 3.8) is 0 Å². The fraction of sp³-hybridized carbons (Fsp3) is 0.222. The van der Waals surface area contributed by atoms with Crippen LogP contribution in [0.2, 0.25) is 0 Å². The molecule has 9 heteroatoms. The summed E-state index contributed by atoms with van der Waals surface area (Å²) in [5.41, 5.74) is 9.15. The number of nitrogens with two attached hydrogens (primary N) is 1. The number of nitrogens with zero attached hydrogens (tertiary/aromatic N) is 3. The van der Waals surface area contributed by atoms with E-state index < -0.39 is 11.9 Å². The molecule has 0 unspecified atom stereocenters. The third kappa shape index (κ3) is 4.91. The molecule has 0 saturated carbocycles. The maximum atomic E-state index is 12.4. The van der Waals surface area contributed by atoms with Crippen molar-refractivity contribution in [2.24, 2.45) is 0 Å². The molecule has 0 spiro atoms. The van der Waals surface area contributed by atoms with E-state index in [0.717, 1.165) is 11.1 Å². The van der Waals surface area contributed by atoms with E-state index >= 15 is 0 Å². The highest BCUT2D eigenvalue weighted by Crippen LogP contribution is 2.28. The summed E-state index contributed by atoms with van der Waals surface area (Å²) in [7, 11) is 0. The van der Waals surface area contributed by atoms with Gasteiger partial charge in [-0.2, -0.15) is 11.3 Å². The SMILES string of the molecule is Nc1ccc(-c2ccsc2)cc1NC(=O)c1cn(CCCCC(=O)O)nn1. The van der Waals surface area contributed by atoms with Gasteiger partial charge in [0.1, 0.15) is 0 Å². The summed E-state index contributed by atoms with van der Waals surface area (Å²) in [6, 6.07) is 7.48. The summed E-state index contributed by atoms with van der Waals surface area (Å²) in [6.45, 7) is 0.503. The number of carboxylic acids is 1. The molecule has 0 aliphatic heterocycles. The Morgan fingerprint density at radius 1 is 1.22 bits per heavy atom. The lowest BCUT2D eigenvalue weighted by Crippen LogP contribution is -2.13. The normalized spacial score (nSPS) is 10.7. The Bertz CT molecular complexity index is 936. The molecule has 2 heterocycles. The molecular weight excluding hydrogens is 366 g/mol. The van der Waals surface area contributed by atoms with Crippen LogP contribution in [-0.4, -0.2) is 32.0 Å². The highest BCUT2D eigenvalue weighted by atomic mass is 32.1. The lowest BCUT2D eigenvalue weighted by Gasteiger charge is -2.09. The fourth-order valence-electron chi connectivity index (χ4n) is 2.52. The number of unbranched alkanes of at least 4 members (excludes halogenated alkanes) is 1. The number of rotatable bonds is 8. The van der Waals surface area contributed by atoms with Crippen LogP contribution in [0.15, 0.2) is 41.2 Å². The van der Waals surface area contributed by atoms with Gasteiger partial charge >= 0.3 is 5.97 Å². The lowest BCUT2D eigenvalue weighted by atomic mass is 10.1. The largest absolute Gasteiger partial charge is 0.481 e. The summed E-state index contributed by atoms with van der Waals surface area (Å²) in [4.78, 5) is 22.9. The van der Waals surface area contributed by atoms with Crippen molar-refractivity contribution in [1.29, 1.82) is 0 Å². The minimum Gasteiger partial charge on any atom is -0.481 e. The number of hydrogen-bond acceptors (Lipinski definition) is 6. The summed E-state index contributed by atoms with van der Waals surface area (Å²) in [6.07, 6.45) is 2.84. The number of anilines is 2. The number of nitrogens with one attached hydrogen (secondary N) is 1. The number of thiophene rings is 1. The average Bonchev–Trinajstić information content (AvgIpc) is 3.32. The summed E-state index contributed by atoms with van der Waals surface area (Å²) < 4.78 is 1.53. The third-order valence-electron chi connectivity index (χ3n) is 3.96. The number of benzene rings is 1. The Morgan fingerprint density at radius 2 is 2.07 bits per heavy atom. The molecule has 0 fully saturated rings. The highest BCUT2D eigenvalue weighted by molar-refractivity contribution is 7.08. The van der Waals surface area contributed by atoms with Crippen molar-refractivity contribution in [1.82, 2.24) is 15.0 Å². The zero-order valence-corrected chi connectivity index (χ0v) is 15.3. The van der Waals surface area contributed by atoms with Crippen LogP contribution in [0.3, 0.4) is 0 Å². The van der Waals surface area contributed by atoms with Gasteiger partial charge in [0.25, 0.3) is 5.91 Å². The van der Waals surface area contributed by atoms with Gasteiger partial charge in [0.2, 0.25) is 0 Å². The van der Waals surface area contributed by atoms with Gasteiger partial charge in [0, 0.05) is 13.0 Å². The van der Waals surface area contributed by atoms with Crippen LogP contribution in [0.1, 0.15) is 29.8 Å². The molecule has 27 heavy (non-hydrogen) atoms. The Morgan fingerprint density at radius 3 is 2.81 bits per heavy atom. The van der Waals surface area contributed by atoms with Crippen molar-refractivity contribution < 1.29 is 14.7 Å². The number of amides is 1. The molecule has 140 valence electrons. The molecule has 0 bridgehead atoms. The summed E-state index contributed by atoms with van der Waals surface area (Å²) in [5.74, 6) is -1.23. The number of aromatic nitrogens is 3. The van der Waals surface area contributed by atoms with Crippen molar-refractivity contribution in [3.8, 4) is 11.1 Å². The van der Waals surface area contributed by atoms with E-state index in [0.29, 0.717) is 30.8 Å². The number of carboxylic acid groups (broad SMARTS) is 1. The number of carbonyl (C=O) groups excluding carboxylic acids is 1. The van der Waals surface area contributed by atoms with Gasteiger partial charge in [-0.25, -0.2) is 0 Å². The quantitative estimate of drug-likeness (QED) is 0.404. The predicted molar refractivity (Wildman–Crippen MR) is 104 cm³/mol. The van der Waals surface area contributed by atoms with E-state index in [2.05, 4.69) is 15.6 Å². The molecule has 0 radical (unpaired) electrons. The topological polar surface area (TPSA) is 123 Å². The van der Waals surface area contributed by atoms with Gasteiger partial charge in [-0.05, 0) is 52.9 Å². The molecule has 8 nitrogen and oxygen atoms in total. The first-order valence-corrected chi connectivity index (χ1v) is 9.32. The second-order valence-corrected chi connectivity index (χ2v) is 6.77. The molecule has 1 amide bonds. The van der Waals surface area contributed by atoms with E-state index in [1.54, 1.807) is 17.4 Å². The molecule has 3 aromatic rings. The van der Waals surface area contributed by atoms with E-state index in [-0.39, 0.29) is 12.1 Å². The van der Waals surface area contributed by atoms with Crippen LogP contribution in [-0.2, 0) is 11.3 Å². The highest BCUT2D eigenvalue weighted by Gasteiger charge is 2.13. The number of aliphatic carboxylic acids is 1. The maximum Gasteiger partial charge on any atom is 0.303 e. The summed E-state index contributed by atoms with van der Waals surface area (Å²) >= 11 is 1.60. The van der Waals surface area contributed by atoms with Crippen LogP contribution in [0.25, 0.3) is 11.1 Å². The molecule has 3 rings (SSSR count).